The molecule has 2 N–H and O–H groups in total. The fourth-order valence-corrected chi connectivity index (χ4v) is 5.01. The van der Waals surface area contributed by atoms with Crippen LogP contribution in [0.25, 0.3) is 10.9 Å². The number of hydrogen-bond acceptors (Lipinski definition) is 5. The van der Waals surface area contributed by atoms with E-state index in [-0.39, 0.29) is 10.9 Å². The maximum atomic E-state index is 13.6. The lowest BCUT2D eigenvalue weighted by Crippen LogP contribution is -2.27. The van der Waals surface area contributed by atoms with Crippen LogP contribution in [0.15, 0.2) is 48.8 Å². The Morgan fingerprint density at radius 1 is 1.20 bits per heavy atom. The van der Waals surface area contributed by atoms with Gasteiger partial charge in [0, 0.05) is 35.4 Å². The van der Waals surface area contributed by atoms with Crippen molar-refractivity contribution in [3.05, 3.63) is 65.2 Å². The van der Waals surface area contributed by atoms with E-state index >= 15 is 0 Å². The molecule has 8 heteroatoms. The molecule has 1 aliphatic carbocycles. The van der Waals surface area contributed by atoms with Crippen molar-refractivity contribution < 1.29 is 9.18 Å². The molecule has 1 amide bonds. The molecule has 2 heterocycles. The number of anilines is 3. The number of likely N-dealkylation sites (tertiary alicyclic amines) is 1. The summed E-state index contributed by atoms with van der Waals surface area (Å²) in [4.78, 5) is 24.1. The molecule has 0 bridgehead atoms. The molecule has 1 atom stereocenters. The number of benzene rings is 2. The second-order valence-electron chi connectivity index (χ2n) is 9.44. The Balaban J connectivity index is 1.41. The van der Waals surface area contributed by atoms with Gasteiger partial charge in [-0.2, -0.15) is 0 Å². The number of fused-ring (bicyclic) bond motifs is 1. The van der Waals surface area contributed by atoms with Crippen LogP contribution < -0.4 is 10.6 Å². The first-order chi connectivity index (χ1) is 17.0. The molecule has 0 radical (unpaired) electrons. The predicted octanol–water partition coefficient (Wildman–Crippen LogP) is 6.41. The van der Waals surface area contributed by atoms with Gasteiger partial charge in [-0.05, 0) is 81.0 Å². The van der Waals surface area contributed by atoms with E-state index in [0.717, 1.165) is 48.1 Å². The summed E-state index contributed by atoms with van der Waals surface area (Å²) in [6.07, 6.45) is 10.9. The van der Waals surface area contributed by atoms with E-state index in [2.05, 4.69) is 38.5 Å². The number of nitrogens with one attached hydrogen (secondary N) is 2. The second kappa shape index (κ2) is 10.3. The van der Waals surface area contributed by atoms with Crippen LogP contribution in [0.2, 0.25) is 5.02 Å². The highest BCUT2D eigenvalue weighted by Gasteiger charge is 2.24. The molecule has 1 saturated heterocycles. The van der Waals surface area contributed by atoms with Gasteiger partial charge in [0.25, 0.3) is 0 Å². The monoisotopic (exact) mass is 493 g/mol. The molecule has 1 aliphatic heterocycles. The summed E-state index contributed by atoms with van der Waals surface area (Å²) in [5.74, 6) is 0.346. The molecular formula is C27H29ClFN5O. The number of halogens is 2. The summed E-state index contributed by atoms with van der Waals surface area (Å²) in [5.41, 5.74) is 3.29. The van der Waals surface area contributed by atoms with Crippen LogP contribution in [-0.2, 0) is 4.79 Å². The topological polar surface area (TPSA) is 70.2 Å². The van der Waals surface area contributed by atoms with Crippen LogP contribution in [0.3, 0.4) is 0 Å². The minimum atomic E-state index is -0.479. The maximum Gasteiger partial charge on any atom is 0.248 e. The number of aromatic nitrogens is 2. The normalized spacial score (nSPS) is 18.8. The van der Waals surface area contributed by atoms with Crippen LogP contribution in [0.4, 0.5) is 21.6 Å². The minimum absolute atomic E-state index is 0.0312. The third-order valence-electron chi connectivity index (χ3n) is 7.09. The number of hydrogen-bond donors (Lipinski definition) is 2. The van der Waals surface area contributed by atoms with Crippen molar-refractivity contribution in [1.29, 1.82) is 0 Å². The number of rotatable bonds is 7. The van der Waals surface area contributed by atoms with Gasteiger partial charge in [-0.25, -0.2) is 14.4 Å². The fourth-order valence-electron chi connectivity index (χ4n) is 4.83. The van der Waals surface area contributed by atoms with Crippen molar-refractivity contribution >= 4 is 45.6 Å². The number of carbonyl (C=O) groups is 1. The van der Waals surface area contributed by atoms with Crippen molar-refractivity contribution in [2.75, 3.05) is 23.7 Å². The van der Waals surface area contributed by atoms with Gasteiger partial charge in [0.05, 0.1) is 10.5 Å². The van der Waals surface area contributed by atoms with Crippen molar-refractivity contribution in [2.24, 2.45) is 0 Å². The smallest absolute Gasteiger partial charge is 0.248 e. The van der Waals surface area contributed by atoms with E-state index in [9.17, 15) is 9.18 Å². The molecule has 1 saturated carbocycles. The molecule has 3 aromatic rings. The van der Waals surface area contributed by atoms with E-state index in [0.29, 0.717) is 23.5 Å². The summed E-state index contributed by atoms with van der Waals surface area (Å²) >= 11 is 5.95. The Morgan fingerprint density at radius 2 is 2.06 bits per heavy atom. The number of amides is 1. The molecule has 35 heavy (non-hydrogen) atoms. The van der Waals surface area contributed by atoms with Crippen molar-refractivity contribution in [3.63, 3.8) is 0 Å². The Hall–Kier alpha value is -3.03. The highest BCUT2D eigenvalue weighted by molar-refractivity contribution is 6.31. The molecule has 5 rings (SSSR count). The third-order valence-corrected chi connectivity index (χ3v) is 7.38. The van der Waals surface area contributed by atoms with E-state index < -0.39 is 5.82 Å². The SMILES string of the molecule is CC1CCCN1CC=CC(=O)Nc1cc2c(Nc3ccc(F)c(Cl)c3)ncnc2cc1C1CCC1. The Labute approximate surface area is 209 Å². The van der Waals surface area contributed by atoms with Crippen LogP contribution >= 0.6 is 11.6 Å². The van der Waals surface area contributed by atoms with E-state index in [4.69, 9.17) is 11.6 Å². The summed E-state index contributed by atoms with van der Waals surface area (Å²) in [5, 5.41) is 7.10. The highest BCUT2D eigenvalue weighted by atomic mass is 35.5. The molecule has 182 valence electrons. The molecule has 1 aromatic heterocycles. The van der Waals surface area contributed by atoms with Gasteiger partial charge in [-0.15, -0.1) is 0 Å². The second-order valence-corrected chi connectivity index (χ2v) is 9.85. The first-order valence-electron chi connectivity index (χ1n) is 12.2. The molecule has 2 aromatic carbocycles. The van der Waals surface area contributed by atoms with Gasteiger partial charge >= 0.3 is 0 Å². The lowest BCUT2D eigenvalue weighted by atomic mass is 9.79. The van der Waals surface area contributed by atoms with Gasteiger partial charge < -0.3 is 10.6 Å². The van der Waals surface area contributed by atoms with Gasteiger partial charge in [-0.1, -0.05) is 24.1 Å². The average Bonchev–Trinajstić information content (AvgIpc) is 3.20. The van der Waals surface area contributed by atoms with Crippen LogP contribution in [0.1, 0.15) is 50.5 Å². The summed E-state index contributed by atoms with van der Waals surface area (Å²) in [6.45, 7) is 4.09. The Morgan fingerprint density at radius 3 is 2.77 bits per heavy atom. The van der Waals surface area contributed by atoms with Crippen molar-refractivity contribution in [1.82, 2.24) is 14.9 Å². The zero-order chi connectivity index (χ0) is 24.4. The molecule has 0 spiro atoms. The number of nitrogens with zero attached hydrogens (tertiary/aromatic N) is 3. The Kier molecular flexibility index (Phi) is 6.97. The van der Waals surface area contributed by atoms with Crippen molar-refractivity contribution in [2.45, 2.75) is 51.0 Å². The van der Waals surface area contributed by atoms with Gasteiger partial charge in [-0.3, -0.25) is 9.69 Å². The summed E-state index contributed by atoms with van der Waals surface area (Å²) < 4.78 is 13.6. The lowest BCUT2D eigenvalue weighted by molar-refractivity contribution is -0.111. The standard InChI is InChI=1S/C27H29ClFN5O/c1-17-5-3-11-34(17)12-4-8-26(35)33-25-15-21-24(14-20(25)18-6-2-7-18)30-16-31-27(21)32-19-9-10-23(29)22(28)13-19/h4,8-10,13-18H,2-3,5-7,11-12H2,1H3,(H,33,35)(H,30,31,32). The van der Waals surface area contributed by atoms with E-state index in [1.165, 1.54) is 37.7 Å². The molecule has 2 aliphatic rings. The minimum Gasteiger partial charge on any atom is -0.340 e. The highest BCUT2D eigenvalue weighted by Crippen LogP contribution is 2.42. The van der Waals surface area contributed by atoms with Crippen LogP contribution in [-0.4, -0.2) is 39.9 Å². The molecule has 6 nitrogen and oxygen atoms in total. The van der Waals surface area contributed by atoms with E-state index in [1.54, 1.807) is 12.1 Å². The maximum absolute atomic E-state index is 13.6. The predicted molar refractivity (Wildman–Crippen MR) is 139 cm³/mol. The van der Waals surface area contributed by atoms with E-state index in [1.807, 2.05) is 12.1 Å². The average molecular weight is 494 g/mol. The summed E-state index contributed by atoms with van der Waals surface area (Å²) in [7, 11) is 0. The first-order valence-corrected chi connectivity index (χ1v) is 12.6. The third kappa shape index (κ3) is 5.31. The lowest BCUT2D eigenvalue weighted by Gasteiger charge is -2.28. The first kappa shape index (κ1) is 23.7. The quantitative estimate of drug-likeness (QED) is 0.372. The Bertz CT molecular complexity index is 1280. The molecular weight excluding hydrogens is 465 g/mol. The zero-order valence-electron chi connectivity index (χ0n) is 19.7. The fraction of sp³-hybridized carbons (Fsp3) is 0.370. The van der Waals surface area contributed by atoms with Crippen molar-refractivity contribution in [3.8, 4) is 0 Å². The zero-order valence-corrected chi connectivity index (χ0v) is 20.5. The molecule has 1 unspecified atom stereocenters. The van der Waals surface area contributed by atoms with Gasteiger partial charge in [0.2, 0.25) is 5.91 Å². The van der Waals surface area contributed by atoms with Crippen LogP contribution in [0, 0.1) is 5.82 Å². The van der Waals surface area contributed by atoms with Gasteiger partial charge in [0.1, 0.15) is 18.0 Å². The van der Waals surface area contributed by atoms with Crippen LogP contribution in [0.5, 0.6) is 0 Å². The number of carbonyl (C=O) groups excluding carboxylic acids is 1. The van der Waals surface area contributed by atoms with Gasteiger partial charge in [0.15, 0.2) is 0 Å². The largest absolute Gasteiger partial charge is 0.340 e. The molecule has 2 fully saturated rings. The summed E-state index contributed by atoms with van der Waals surface area (Å²) in [6, 6.07) is 8.98.